The molecular weight excluding hydrogens is 544 g/mol. The molecule has 36 heavy (non-hydrogen) atoms. The minimum atomic E-state index is -1.30. The van der Waals surface area contributed by atoms with E-state index in [0.29, 0.717) is 16.1 Å². The second-order valence-corrected chi connectivity index (χ2v) is 10.9. The Morgan fingerprint density at radius 2 is 1.19 bits per heavy atom. The maximum atomic E-state index is 11.7. The molecule has 0 amide bonds. The van der Waals surface area contributed by atoms with Gasteiger partial charge in [-0.25, -0.2) is 9.59 Å². The molecule has 2 atom stereocenters. The summed E-state index contributed by atoms with van der Waals surface area (Å²) in [5.41, 5.74) is 12.9. The van der Waals surface area contributed by atoms with Crippen LogP contribution < -0.4 is 11.5 Å². The lowest BCUT2D eigenvalue weighted by atomic mass is 9.84. The third-order valence-corrected chi connectivity index (χ3v) is 7.68. The fourth-order valence-electron chi connectivity index (χ4n) is 4.51. The van der Waals surface area contributed by atoms with Crippen LogP contribution in [-0.4, -0.2) is 22.2 Å². The maximum Gasteiger partial charge on any atom is 0.328 e. The van der Waals surface area contributed by atoms with Gasteiger partial charge in [-0.1, -0.05) is 70.0 Å². The highest BCUT2D eigenvalue weighted by atomic mass is 79.9. The second kappa shape index (κ2) is 10.3. The minimum absolute atomic E-state index is 0.0182. The molecule has 2 aliphatic carbocycles. The number of rotatable bonds is 7. The van der Waals surface area contributed by atoms with Gasteiger partial charge in [0.1, 0.15) is 11.1 Å². The van der Waals surface area contributed by atoms with Crippen LogP contribution in [0.25, 0.3) is 11.1 Å². The topological polar surface area (TPSA) is 127 Å². The van der Waals surface area contributed by atoms with Gasteiger partial charge >= 0.3 is 11.9 Å². The SMILES string of the molecule is NC(C(=O)O)(c1cccc(-c2cccc(Cl)c2)c1)C1CC1.NC(C(=O)O)(c1cccc(Br)c1)C1CC1. The number of carboxylic acid groups (broad SMARTS) is 2. The number of nitrogens with two attached hydrogens (primary N) is 2. The van der Waals surface area contributed by atoms with Crippen LogP contribution >= 0.6 is 27.5 Å². The van der Waals surface area contributed by atoms with E-state index in [1.807, 2.05) is 54.6 Å². The largest absolute Gasteiger partial charge is 0.480 e. The summed E-state index contributed by atoms with van der Waals surface area (Å²) in [5, 5.41) is 19.5. The Hall–Kier alpha value is -2.71. The van der Waals surface area contributed by atoms with Crippen molar-refractivity contribution < 1.29 is 19.8 Å². The van der Waals surface area contributed by atoms with Gasteiger partial charge in [0.25, 0.3) is 0 Å². The molecule has 0 radical (unpaired) electrons. The van der Waals surface area contributed by atoms with E-state index in [1.54, 1.807) is 18.2 Å². The van der Waals surface area contributed by atoms with Gasteiger partial charge in [0.2, 0.25) is 0 Å². The highest BCUT2D eigenvalue weighted by Crippen LogP contribution is 2.45. The molecule has 6 N–H and O–H groups in total. The Bertz CT molecular complexity index is 1290. The van der Waals surface area contributed by atoms with Gasteiger partial charge in [0.05, 0.1) is 0 Å². The molecule has 0 spiro atoms. The molecule has 2 unspecified atom stereocenters. The average Bonchev–Trinajstić information content (AvgIpc) is 3.76. The van der Waals surface area contributed by atoms with E-state index in [9.17, 15) is 19.8 Å². The number of hydrogen-bond acceptors (Lipinski definition) is 4. The number of hydrogen-bond donors (Lipinski definition) is 4. The molecule has 2 aliphatic rings. The van der Waals surface area contributed by atoms with E-state index in [2.05, 4.69) is 15.9 Å². The number of benzene rings is 3. The molecule has 2 fully saturated rings. The first-order valence-corrected chi connectivity index (χ1v) is 12.9. The fraction of sp³-hybridized carbons (Fsp3) is 0.286. The Labute approximate surface area is 223 Å². The van der Waals surface area contributed by atoms with Crippen LogP contribution in [0, 0.1) is 11.8 Å². The van der Waals surface area contributed by atoms with Gasteiger partial charge in [-0.2, -0.15) is 0 Å². The Morgan fingerprint density at radius 3 is 1.64 bits per heavy atom. The summed E-state index contributed by atoms with van der Waals surface area (Å²) < 4.78 is 0.858. The summed E-state index contributed by atoms with van der Waals surface area (Å²) in [6.45, 7) is 0. The van der Waals surface area contributed by atoms with Crippen molar-refractivity contribution in [3.63, 3.8) is 0 Å². The number of carboxylic acids is 2. The number of halogens is 2. The molecule has 0 saturated heterocycles. The van der Waals surface area contributed by atoms with Crippen LogP contribution in [0.5, 0.6) is 0 Å². The lowest BCUT2D eigenvalue weighted by Crippen LogP contribution is -2.47. The molecule has 3 aromatic rings. The van der Waals surface area contributed by atoms with Crippen LogP contribution in [0.15, 0.2) is 77.3 Å². The summed E-state index contributed by atoms with van der Waals surface area (Å²) in [5.74, 6) is -1.81. The first-order chi connectivity index (χ1) is 17.1. The van der Waals surface area contributed by atoms with Crippen molar-refractivity contribution in [2.24, 2.45) is 23.3 Å². The van der Waals surface area contributed by atoms with Crippen LogP contribution in [0.3, 0.4) is 0 Å². The lowest BCUT2D eigenvalue weighted by Gasteiger charge is -2.25. The summed E-state index contributed by atoms with van der Waals surface area (Å²) >= 11 is 9.34. The third-order valence-electron chi connectivity index (χ3n) is 6.95. The Morgan fingerprint density at radius 1 is 0.750 bits per heavy atom. The van der Waals surface area contributed by atoms with Crippen molar-refractivity contribution in [2.75, 3.05) is 0 Å². The third kappa shape index (κ3) is 5.34. The standard InChI is InChI=1S/C17H16ClNO2.C11H12BrNO2/c18-15-6-2-4-12(10-15)11-3-1-5-14(9-11)17(19,16(20)21)13-7-8-13;12-9-3-1-2-8(6-9)11(13,10(14)15)7-4-5-7/h1-6,9-10,13H,7-8,19H2,(H,20,21);1-3,6-7H,4-5,13H2,(H,14,15). The smallest absolute Gasteiger partial charge is 0.328 e. The van der Waals surface area contributed by atoms with Gasteiger partial charge < -0.3 is 21.7 Å². The number of carbonyl (C=O) groups is 2. The molecule has 5 rings (SSSR count). The zero-order chi connectivity index (χ0) is 26.1. The first-order valence-electron chi connectivity index (χ1n) is 11.7. The van der Waals surface area contributed by atoms with Crippen LogP contribution in [0.4, 0.5) is 0 Å². The molecule has 188 valence electrons. The van der Waals surface area contributed by atoms with Crippen molar-refractivity contribution in [3.05, 3.63) is 93.4 Å². The van der Waals surface area contributed by atoms with Gasteiger partial charge in [0.15, 0.2) is 0 Å². The van der Waals surface area contributed by atoms with Crippen molar-refractivity contribution >= 4 is 39.5 Å². The highest BCUT2D eigenvalue weighted by molar-refractivity contribution is 9.10. The van der Waals surface area contributed by atoms with Gasteiger partial charge in [-0.3, -0.25) is 0 Å². The van der Waals surface area contributed by atoms with Gasteiger partial charge in [0, 0.05) is 9.50 Å². The molecule has 3 aromatic carbocycles. The molecule has 0 aromatic heterocycles. The zero-order valence-electron chi connectivity index (χ0n) is 19.5. The molecule has 0 bridgehead atoms. The summed E-state index contributed by atoms with van der Waals surface area (Å²) in [4.78, 5) is 22.9. The zero-order valence-corrected chi connectivity index (χ0v) is 21.9. The highest BCUT2D eigenvalue weighted by Gasteiger charge is 2.50. The summed E-state index contributed by atoms with van der Waals surface area (Å²) in [6, 6.07) is 22.1. The van der Waals surface area contributed by atoms with Gasteiger partial charge in [-0.15, -0.1) is 0 Å². The minimum Gasteiger partial charge on any atom is -0.480 e. The fourth-order valence-corrected chi connectivity index (χ4v) is 5.10. The van der Waals surface area contributed by atoms with E-state index >= 15 is 0 Å². The van der Waals surface area contributed by atoms with Crippen LogP contribution in [0.1, 0.15) is 36.8 Å². The van der Waals surface area contributed by atoms with Crippen LogP contribution in [-0.2, 0) is 20.7 Å². The average molecular weight is 572 g/mol. The molecule has 0 heterocycles. The Balaban J connectivity index is 0.000000179. The van der Waals surface area contributed by atoms with E-state index in [4.69, 9.17) is 23.1 Å². The first kappa shape index (κ1) is 26.4. The number of aliphatic carboxylic acids is 2. The Kier molecular flexibility index (Phi) is 7.57. The van der Waals surface area contributed by atoms with Crippen molar-refractivity contribution in [1.82, 2.24) is 0 Å². The summed E-state index contributed by atoms with van der Waals surface area (Å²) in [7, 11) is 0. The predicted molar refractivity (Wildman–Crippen MR) is 143 cm³/mol. The van der Waals surface area contributed by atoms with Crippen molar-refractivity contribution in [2.45, 2.75) is 36.8 Å². The van der Waals surface area contributed by atoms with Crippen LogP contribution in [0.2, 0.25) is 5.02 Å². The maximum absolute atomic E-state index is 11.7. The van der Waals surface area contributed by atoms with E-state index in [0.717, 1.165) is 41.3 Å². The lowest BCUT2D eigenvalue weighted by molar-refractivity contribution is -0.145. The molecular formula is C28H28BrClN2O4. The molecule has 6 nitrogen and oxygen atoms in total. The monoisotopic (exact) mass is 570 g/mol. The van der Waals surface area contributed by atoms with Gasteiger partial charge in [-0.05, 0) is 90.1 Å². The van der Waals surface area contributed by atoms with Crippen molar-refractivity contribution in [1.29, 1.82) is 0 Å². The van der Waals surface area contributed by atoms with E-state index in [-0.39, 0.29) is 11.8 Å². The summed E-state index contributed by atoms with van der Waals surface area (Å²) in [6.07, 6.45) is 3.53. The molecule has 2 saturated carbocycles. The van der Waals surface area contributed by atoms with Crippen molar-refractivity contribution in [3.8, 4) is 11.1 Å². The predicted octanol–water partition coefficient (Wildman–Crippen LogP) is 5.75. The normalized spacial score (nSPS) is 18.2. The van der Waals surface area contributed by atoms with E-state index < -0.39 is 23.0 Å². The molecule has 0 aliphatic heterocycles. The second-order valence-electron chi connectivity index (χ2n) is 9.50. The quantitative estimate of drug-likeness (QED) is 0.286. The molecule has 8 heteroatoms. The van der Waals surface area contributed by atoms with E-state index in [1.165, 1.54) is 0 Å².